The zero-order valence-electron chi connectivity index (χ0n) is 14.4. The summed E-state index contributed by atoms with van der Waals surface area (Å²) in [5.41, 5.74) is 2.62. The summed E-state index contributed by atoms with van der Waals surface area (Å²) < 4.78 is 0. The highest BCUT2D eigenvalue weighted by Crippen LogP contribution is 2.19. The molecule has 0 radical (unpaired) electrons. The summed E-state index contributed by atoms with van der Waals surface area (Å²) in [5, 5.41) is 14.0. The number of carbonyl (C=O) groups excluding carboxylic acids is 2. The summed E-state index contributed by atoms with van der Waals surface area (Å²) in [5.74, 6) is 0.736. The van der Waals surface area contributed by atoms with Crippen molar-refractivity contribution in [3.63, 3.8) is 0 Å². The van der Waals surface area contributed by atoms with Crippen molar-refractivity contribution in [2.24, 2.45) is 0 Å². The molecule has 0 aliphatic rings. The lowest BCUT2D eigenvalue weighted by Crippen LogP contribution is -2.03. The van der Waals surface area contributed by atoms with E-state index in [4.69, 9.17) is 0 Å². The van der Waals surface area contributed by atoms with Gasteiger partial charge in [-0.25, -0.2) is 0 Å². The zero-order chi connectivity index (χ0) is 18.5. The maximum Gasteiger partial charge on any atom is 0.249 e. The van der Waals surface area contributed by atoms with Gasteiger partial charge in [0.2, 0.25) is 5.95 Å². The maximum absolute atomic E-state index is 11.5. The van der Waals surface area contributed by atoms with Gasteiger partial charge >= 0.3 is 0 Å². The summed E-state index contributed by atoms with van der Waals surface area (Å²) >= 11 is 0. The molecule has 26 heavy (non-hydrogen) atoms. The normalized spacial score (nSPS) is 10.2. The van der Waals surface area contributed by atoms with Crippen molar-refractivity contribution >= 4 is 34.7 Å². The Morgan fingerprint density at radius 2 is 1.42 bits per heavy atom. The van der Waals surface area contributed by atoms with E-state index in [1.165, 1.54) is 20.0 Å². The number of carbonyl (C=O) groups is 2. The number of benzene rings is 2. The van der Waals surface area contributed by atoms with Crippen molar-refractivity contribution < 1.29 is 9.59 Å². The van der Waals surface area contributed by atoms with Crippen LogP contribution in [-0.4, -0.2) is 26.7 Å². The quantitative estimate of drug-likeness (QED) is 0.655. The van der Waals surface area contributed by atoms with Gasteiger partial charge in [0, 0.05) is 22.5 Å². The average Bonchev–Trinajstić information content (AvgIpc) is 2.62. The van der Waals surface area contributed by atoms with Crippen molar-refractivity contribution in [2.75, 3.05) is 10.6 Å². The minimum absolute atomic E-state index is 0.0119. The molecule has 0 saturated heterocycles. The fraction of sp³-hybridized carbons (Fsp3) is 0.105. The molecule has 0 fully saturated rings. The largest absolute Gasteiger partial charge is 0.339 e. The van der Waals surface area contributed by atoms with Gasteiger partial charge in [0.25, 0.3) is 0 Å². The summed E-state index contributed by atoms with van der Waals surface area (Å²) in [7, 11) is 0. The summed E-state index contributed by atoms with van der Waals surface area (Å²) in [6.07, 6.45) is 1.48. The molecule has 7 nitrogen and oxygen atoms in total. The van der Waals surface area contributed by atoms with Gasteiger partial charge in [-0.05, 0) is 38.1 Å². The summed E-state index contributed by atoms with van der Waals surface area (Å²) in [4.78, 5) is 27.3. The van der Waals surface area contributed by atoms with Gasteiger partial charge in [-0.2, -0.15) is 10.1 Å². The fourth-order valence-electron chi connectivity index (χ4n) is 2.33. The van der Waals surface area contributed by atoms with Gasteiger partial charge in [0.1, 0.15) is 0 Å². The highest BCUT2D eigenvalue weighted by molar-refractivity contribution is 5.95. The molecular weight excluding hydrogens is 330 g/mol. The topological polar surface area (TPSA) is 96.9 Å². The van der Waals surface area contributed by atoms with Gasteiger partial charge in [-0.3, -0.25) is 9.59 Å². The molecule has 2 N–H and O–H groups in total. The first kappa shape index (κ1) is 17.2. The Morgan fingerprint density at radius 1 is 0.846 bits per heavy atom. The smallest absolute Gasteiger partial charge is 0.249 e. The number of hydrogen-bond acceptors (Lipinski definition) is 7. The molecule has 0 saturated carbocycles. The predicted molar refractivity (Wildman–Crippen MR) is 99.3 cm³/mol. The van der Waals surface area contributed by atoms with E-state index >= 15 is 0 Å². The van der Waals surface area contributed by atoms with E-state index < -0.39 is 0 Å². The Balaban J connectivity index is 1.78. The Kier molecular flexibility index (Phi) is 4.98. The molecule has 3 aromatic rings. The first-order valence-electron chi connectivity index (χ1n) is 7.97. The fourth-order valence-corrected chi connectivity index (χ4v) is 2.33. The molecule has 7 heteroatoms. The van der Waals surface area contributed by atoms with Crippen LogP contribution >= 0.6 is 0 Å². The number of rotatable bonds is 6. The lowest BCUT2D eigenvalue weighted by molar-refractivity contribution is 0.100. The van der Waals surface area contributed by atoms with Crippen molar-refractivity contribution in [1.82, 2.24) is 15.2 Å². The van der Waals surface area contributed by atoms with Gasteiger partial charge in [0.05, 0.1) is 6.20 Å². The number of anilines is 4. The summed E-state index contributed by atoms with van der Waals surface area (Å²) in [6, 6.07) is 14.2. The number of hydrogen-bond donors (Lipinski definition) is 2. The highest BCUT2D eigenvalue weighted by atomic mass is 16.1. The van der Waals surface area contributed by atoms with Crippen molar-refractivity contribution in [3.8, 4) is 0 Å². The molecule has 0 aliphatic heterocycles. The third-order valence-corrected chi connectivity index (χ3v) is 3.63. The van der Waals surface area contributed by atoms with Crippen LogP contribution in [0.2, 0.25) is 0 Å². The second kappa shape index (κ2) is 7.52. The van der Waals surface area contributed by atoms with Crippen LogP contribution in [0.25, 0.3) is 0 Å². The van der Waals surface area contributed by atoms with E-state index in [9.17, 15) is 9.59 Å². The summed E-state index contributed by atoms with van der Waals surface area (Å²) in [6.45, 7) is 3.03. The second-order valence-corrected chi connectivity index (χ2v) is 5.69. The Morgan fingerprint density at radius 3 is 2.00 bits per heavy atom. The third kappa shape index (κ3) is 4.27. The molecule has 130 valence electrons. The van der Waals surface area contributed by atoms with E-state index in [2.05, 4.69) is 25.8 Å². The molecular formula is C19H17N5O2. The third-order valence-electron chi connectivity index (χ3n) is 3.63. The van der Waals surface area contributed by atoms with Crippen LogP contribution in [0.3, 0.4) is 0 Å². The predicted octanol–water partition coefficient (Wildman–Crippen LogP) is 3.76. The second-order valence-electron chi connectivity index (χ2n) is 5.69. The molecule has 1 aromatic heterocycles. The highest BCUT2D eigenvalue weighted by Gasteiger charge is 2.06. The van der Waals surface area contributed by atoms with E-state index in [1.54, 1.807) is 36.4 Å². The average molecular weight is 347 g/mol. The van der Waals surface area contributed by atoms with E-state index in [0.717, 1.165) is 5.69 Å². The van der Waals surface area contributed by atoms with Gasteiger partial charge < -0.3 is 10.6 Å². The van der Waals surface area contributed by atoms with Crippen molar-refractivity contribution in [2.45, 2.75) is 13.8 Å². The molecule has 0 spiro atoms. The van der Waals surface area contributed by atoms with Crippen LogP contribution in [0.4, 0.5) is 23.1 Å². The van der Waals surface area contributed by atoms with E-state index in [0.29, 0.717) is 28.6 Å². The first-order valence-corrected chi connectivity index (χ1v) is 7.97. The van der Waals surface area contributed by atoms with Gasteiger partial charge in [-0.1, -0.05) is 24.3 Å². The van der Waals surface area contributed by atoms with Crippen LogP contribution in [0.1, 0.15) is 34.6 Å². The van der Waals surface area contributed by atoms with Crippen molar-refractivity contribution in [1.29, 1.82) is 0 Å². The Labute approximate surface area is 150 Å². The van der Waals surface area contributed by atoms with Crippen LogP contribution in [0.5, 0.6) is 0 Å². The van der Waals surface area contributed by atoms with Crippen molar-refractivity contribution in [3.05, 3.63) is 65.9 Å². The minimum atomic E-state index is -0.0199. The standard InChI is InChI=1S/C19H17N5O2/c1-12(25)14-5-3-7-16(9-14)21-18-11-20-24-19(23-18)22-17-8-4-6-15(10-17)13(2)26/h3-11H,1-2H3,(H2,21,22,23,24). The molecule has 0 unspecified atom stereocenters. The molecule has 0 amide bonds. The lowest BCUT2D eigenvalue weighted by atomic mass is 10.1. The number of nitrogens with zero attached hydrogens (tertiary/aromatic N) is 3. The number of Topliss-reactive ketones (excluding diaryl/α,β-unsaturated/α-hetero) is 2. The lowest BCUT2D eigenvalue weighted by Gasteiger charge is -2.09. The number of nitrogens with one attached hydrogen (secondary N) is 2. The molecule has 0 atom stereocenters. The Bertz CT molecular complexity index is 897. The van der Waals surface area contributed by atoms with E-state index in [1.807, 2.05) is 12.1 Å². The zero-order valence-corrected chi connectivity index (χ0v) is 14.4. The van der Waals surface area contributed by atoms with Gasteiger partial charge in [0.15, 0.2) is 17.4 Å². The number of aromatic nitrogens is 3. The SMILES string of the molecule is CC(=O)c1cccc(Nc2cnnc(Nc3cccc(C(C)=O)c3)n2)c1. The molecule has 1 heterocycles. The van der Waals surface area contributed by atoms with Crippen LogP contribution in [-0.2, 0) is 0 Å². The maximum atomic E-state index is 11.5. The van der Waals surface area contributed by atoms with Crippen LogP contribution in [0.15, 0.2) is 54.7 Å². The molecule has 2 aromatic carbocycles. The minimum Gasteiger partial charge on any atom is -0.339 e. The van der Waals surface area contributed by atoms with E-state index in [-0.39, 0.29) is 11.6 Å². The molecule has 0 aliphatic carbocycles. The van der Waals surface area contributed by atoms with Crippen LogP contribution in [0, 0.1) is 0 Å². The number of ketones is 2. The molecule has 0 bridgehead atoms. The monoisotopic (exact) mass is 347 g/mol. The first-order chi connectivity index (χ1) is 12.5. The van der Waals surface area contributed by atoms with Crippen LogP contribution < -0.4 is 10.6 Å². The molecule has 3 rings (SSSR count). The van der Waals surface area contributed by atoms with Gasteiger partial charge in [-0.15, -0.1) is 5.10 Å². The Hall–Kier alpha value is -3.61.